The highest BCUT2D eigenvalue weighted by Gasteiger charge is 2.75. The van der Waals surface area contributed by atoms with E-state index in [2.05, 4.69) is 52.8 Å². The van der Waals surface area contributed by atoms with Gasteiger partial charge >= 0.3 is 0 Å². The summed E-state index contributed by atoms with van der Waals surface area (Å²) < 4.78 is 19.2. The summed E-state index contributed by atoms with van der Waals surface area (Å²) in [6.07, 6.45) is 9.78. The first-order valence-electron chi connectivity index (χ1n) is 17.2. The molecule has 0 aromatic heterocycles. The van der Waals surface area contributed by atoms with Crippen LogP contribution in [0.3, 0.4) is 0 Å². The number of allylic oxidation sites excluding steroid dienone is 2. The molecule has 1 spiro atoms. The van der Waals surface area contributed by atoms with Crippen molar-refractivity contribution in [3.63, 3.8) is 0 Å². The molecule has 14 atom stereocenters. The number of hydrogen-bond acceptors (Lipinski definition) is 8. The molecule has 6 aliphatic rings. The third kappa shape index (κ3) is 4.52. The summed E-state index contributed by atoms with van der Waals surface area (Å²) in [6.45, 7) is 15.8. The lowest BCUT2D eigenvalue weighted by Crippen LogP contribution is -2.66. The molecule has 0 aromatic rings. The maximum absolute atomic E-state index is 10.7. The van der Waals surface area contributed by atoms with E-state index in [9.17, 15) is 25.5 Å². The number of aliphatic hydroxyl groups excluding tert-OH is 4. The molecule has 0 amide bonds. The van der Waals surface area contributed by atoms with Gasteiger partial charge in [-0.25, -0.2) is 0 Å². The van der Waals surface area contributed by atoms with E-state index >= 15 is 0 Å². The van der Waals surface area contributed by atoms with Crippen molar-refractivity contribution in [3.8, 4) is 0 Å². The van der Waals surface area contributed by atoms with Crippen LogP contribution in [-0.2, 0) is 14.2 Å². The van der Waals surface area contributed by atoms with Crippen molar-refractivity contribution in [2.75, 3.05) is 13.2 Å². The Hall–Kier alpha value is -0.840. The van der Waals surface area contributed by atoms with Crippen LogP contribution >= 0.6 is 0 Å². The third-order valence-electron chi connectivity index (χ3n) is 14.2. The molecule has 2 aliphatic heterocycles. The maximum Gasteiger partial charge on any atom is 0.186 e. The van der Waals surface area contributed by atoms with Crippen molar-refractivity contribution in [3.05, 3.63) is 24.3 Å². The number of hydrogen-bond donors (Lipinski definition) is 5. The molecule has 2 bridgehead atoms. The molecular formula is C36H58O8. The minimum atomic E-state index is -1.46. The number of aliphatic hydroxyl groups is 5. The van der Waals surface area contributed by atoms with Gasteiger partial charge in [0.2, 0.25) is 0 Å². The van der Waals surface area contributed by atoms with Crippen molar-refractivity contribution in [2.24, 2.45) is 45.3 Å². The van der Waals surface area contributed by atoms with Gasteiger partial charge in [0, 0.05) is 16.7 Å². The lowest BCUT2D eigenvalue weighted by molar-refractivity contribution is -0.329. The second-order valence-electron chi connectivity index (χ2n) is 17.1. The topological polar surface area (TPSA) is 129 Å². The Bertz CT molecular complexity index is 1140. The Kier molecular flexibility index (Phi) is 8.15. The molecule has 1 unspecified atom stereocenters. The van der Waals surface area contributed by atoms with E-state index in [0.717, 1.165) is 32.3 Å². The van der Waals surface area contributed by atoms with Crippen LogP contribution in [0.2, 0.25) is 0 Å². The van der Waals surface area contributed by atoms with Crippen LogP contribution in [0, 0.1) is 45.3 Å². The molecule has 4 aliphatic carbocycles. The lowest BCUT2D eigenvalue weighted by atomic mass is 9.38. The number of ether oxygens (including phenoxy) is 3. The Morgan fingerprint density at radius 3 is 2.39 bits per heavy atom. The summed E-state index contributed by atoms with van der Waals surface area (Å²) in [4.78, 5) is 0. The van der Waals surface area contributed by atoms with E-state index in [0.29, 0.717) is 23.7 Å². The third-order valence-corrected chi connectivity index (χ3v) is 14.2. The summed E-state index contributed by atoms with van der Waals surface area (Å²) in [5.41, 5.74) is -1.24. The molecule has 3 saturated carbocycles. The molecule has 250 valence electrons. The standard InChI is InChI=1S/C36H58O8/c1-21(9-8-14-31(2,3)41)22-12-15-34(7)24-13-16-36-25(35(24,20-42-36)18-17-33(22,34)6)10-11-26(32(36,4)5)44-30-29(40)28(39)27(38)23(19-37)43-30/h8,13-14,16,21-30,37-41H,9-12,15,17-20H2,1-7H3/b14-8+/t21-,22-,23-,24+,25+,26+,27-,28-,29-,30+,33-,34+,35+,36?/m1/s1. The zero-order chi connectivity index (χ0) is 32.1. The van der Waals surface area contributed by atoms with Gasteiger partial charge in [-0.1, -0.05) is 58.9 Å². The van der Waals surface area contributed by atoms with Crippen LogP contribution in [0.1, 0.15) is 93.4 Å². The second kappa shape index (κ2) is 10.8. The summed E-state index contributed by atoms with van der Waals surface area (Å²) in [6, 6.07) is 0. The average molecular weight is 619 g/mol. The van der Waals surface area contributed by atoms with Gasteiger partial charge in [0.05, 0.1) is 30.5 Å². The normalized spacial score (nSPS) is 52.0. The summed E-state index contributed by atoms with van der Waals surface area (Å²) in [5.74, 6) is 1.99. The fraction of sp³-hybridized carbons (Fsp3) is 0.889. The summed E-state index contributed by atoms with van der Waals surface area (Å²) >= 11 is 0. The van der Waals surface area contributed by atoms with Crippen LogP contribution in [0.5, 0.6) is 0 Å². The maximum atomic E-state index is 10.7. The van der Waals surface area contributed by atoms with Gasteiger partial charge in [-0.3, -0.25) is 0 Å². The Labute approximate surface area is 263 Å². The van der Waals surface area contributed by atoms with Crippen molar-refractivity contribution >= 4 is 0 Å². The highest BCUT2D eigenvalue weighted by molar-refractivity contribution is 5.33. The molecule has 8 heteroatoms. The van der Waals surface area contributed by atoms with Crippen LogP contribution in [-0.4, -0.2) is 86.8 Å². The highest BCUT2D eigenvalue weighted by atomic mass is 16.7. The Balaban J connectivity index is 1.25. The van der Waals surface area contributed by atoms with E-state index in [-0.39, 0.29) is 22.3 Å². The van der Waals surface area contributed by atoms with Crippen molar-refractivity contribution < 1.29 is 39.7 Å². The molecule has 2 heterocycles. The largest absolute Gasteiger partial charge is 0.394 e. The summed E-state index contributed by atoms with van der Waals surface area (Å²) in [7, 11) is 0. The first-order valence-corrected chi connectivity index (χ1v) is 17.2. The van der Waals surface area contributed by atoms with Crippen LogP contribution < -0.4 is 0 Å². The average Bonchev–Trinajstić information content (AvgIpc) is 3.35. The molecule has 5 fully saturated rings. The lowest BCUT2D eigenvalue weighted by Gasteiger charge is -2.65. The zero-order valence-corrected chi connectivity index (χ0v) is 27.9. The van der Waals surface area contributed by atoms with Crippen LogP contribution in [0.4, 0.5) is 0 Å². The Morgan fingerprint density at radius 2 is 1.70 bits per heavy atom. The smallest absolute Gasteiger partial charge is 0.186 e. The van der Waals surface area contributed by atoms with Gasteiger partial charge < -0.3 is 39.7 Å². The minimum Gasteiger partial charge on any atom is -0.394 e. The van der Waals surface area contributed by atoms with Gasteiger partial charge in [-0.05, 0) is 87.4 Å². The van der Waals surface area contributed by atoms with Crippen LogP contribution in [0.25, 0.3) is 0 Å². The van der Waals surface area contributed by atoms with Crippen LogP contribution in [0.15, 0.2) is 24.3 Å². The predicted octanol–water partition coefficient (Wildman–Crippen LogP) is 4.12. The minimum absolute atomic E-state index is 0.0767. The first-order chi connectivity index (χ1) is 20.5. The van der Waals surface area contributed by atoms with E-state index < -0.39 is 53.9 Å². The van der Waals surface area contributed by atoms with Crippen molar-refractivity contribution in [2.45, 2.75) is 141 Å². The monoisotopic (exact) mass is 618 g/mol. The van der Waals surface area contributed by atoms with Gasteiger partial charge in [0.1, 0.15) is 24.4 Å². The summed E-state index contributed by atoms with van der Waals surface area (Å²) in [5, 5.41) is 51.2. The first kappa shape index (κ1) is 33.1. The van der Waals surface area contributed by atoms with Crippen molar-refractivity contribution in [1.82, 2.24) is 0 Å². The molecule has 6 rings (SSSR count). The molecule has 2 saturated heterocycles. The number of fused-ring (bicyclic) bond motifs is 2. The molecular weight excluding hydrogens is 560 g/mol. The van der Waals surface area contributed by atoms with E-state index in [1.165, 1.54) is 19.3 Å². The van der Waals surface area contributed by atoms with Gasteiger partial charge in [0.15, 0.2) is 6.29 Å². The zero-order valence-electron chi connectivity index (χ0n) is 27.9. The van der Waals surface area contributed by atoms with E-state index in [1.807, 2.05) is 19.9 Å². The second-order valence-corrected chi connectivity index (χ2v) is 17.1. The number of rotatable bonds is 7. The quantitative estimate of drug-likeness (QED) is 0.270. The van der Waals surface area contributed by atoms with Crippen molar-refractivity contribution in [1.29, 1.82) is 0 Å². The highest BCUT2D eigenvalue weighted by Crippen LogP contribution is 2.77. The van der Waals surface area contributed by atoms with E-state index in [1.54, 1.807) is 0 Å². The van der Waals surface area contributed by atoms with Gasteiger partial charge in [-0.15, -0.1) is 0 Å². The predicted molar refractivity (Wildman–Crippen MR) is 166 cm³/mol. The van der Waals surface area contributed by atoms with Gasteiger partial charge in [0.25, 0.3) is 0 Å². The molecule has 5 N–H and O–H groups in total. The molecule has 8 nitrogen and oxygen atoms in total. The fourth-order valence-corrected chi connectivity index (χ4v) is 11.5. The van der Waals surface area contributed by atoms with E-state index in [4.69, 9.17) is 14.2 Å². The molecule has 44 heavy (non-hydrogen) atoms. The Morgan fingerprint density at radius 1 is 0.977 bits per heavy atom. The fourth-order valence-electron chi connectivity index (χ4n) is 11.5. The molecule has 0 radical (unpaired) electrons. The molecule has 0 aromatic carbocycles. The SMILES string of the molecule is C[C@H](C/C=C/C(C)(C)O)[C@H]1CC[C@@]2(C)[C@@H]3C=CC45OC[C@]3(CC[C@]12C)[C@@H]4CC[C@H](O[C@@H]1O[C@H](CO)[C@@H](O)[C@@H](O)[C@H]1O)C5(C)C. The van der Waals surface area contributed by atoms with Gasteiger partial charge in [-0.2, -0.15) is 0 Å².